The van der Waals surface area contributed by atoms with Crippen LogP contribution in [0.2, 0.25) is 0 Å². The van der Waals surface area contributed by atoms with E-state index in [1.165, 1.54) is 11.5 Å². The first-order valence-electron chi connectivity index (χ1n) is 5.03. The summed E-state index contributed by atoms with van der Waals surface area (Å²) in [6, 6.07) is -0.214. The Morgan fingerprint density at radius 3 is 2.79 bits per heavy atom. The molecule has 82 valence electrons. The fourth-order valence-electron chi connectivity index (χ4n) is 1.36. The van der Waals surface area contributed by atoms with Gasteiger partial charge in [0, 0.05) is 37.7 Å². The van der Waals surface area contributed by atoms with Gasteiger partial charge in [0.15, 0.2) is 0 Å². The number of carbonyl (C=O) groups excluding carboxylic acids is 1. The van der Waals surface area contributed by atoms with E-state index in [4.69, 9.17) is 5.73 Å². The van der Waals surface area contributed by atoms with E-state index >= 15 is 0 Å². The Labute approximate surface area is 89.6 Å². The molecule has 1 heterocycles. The zero-order valence-electron chi connectivity index (χ0n) is 8.66. The zero-order chi connectivity index (χ0) is 10.4. The van der Waals surface area contributed by atoms with Crippen molar-refractivity contribution in [2.45, 2.75) is 13.0 Å². The Bertz CT molecular complexity index is 183. The van der Waals surface area contributed by atoms with Crippen molar-refractivity contribution in [3.05, 3.63) is 0 Å². The molecule has 1 fully saturated rings. The maximum atomic E-state index is 10.7. The smallest absolute Gasteiger partial charge is 0.234 e. The van der Waals surface area contributed by atoms with Crippen LogP contribution in [0.25, 0.3) is 0 Å². The molecule has 0 radical (unpaired) electrons. The van der Waals surface area contributed by atoms with Crippen molar-refractivity contribution >= 4 is 17.7 Å². The normalized spacial score (nSPS) is 20.6. The van der Waals surface area contributed by atoms with Gasteiger partial charge in [-0.2, -0.15) is 11.8 Å². The molecule has 1 atom stereocenters. The molecule has 1 amide bonds. The molecular formula is C9H19N3OS. The maximum Gasteiger partial charge on any atom is 0.234 e. The average Bonchev–Trinajstić information content (AvgIpc) is 2.19. The Kier molecular flexibility index (Phi) is 5.29. The number of nitrogens with two attached hydrogens (primary N) is 1. The second-order valence-electron chi connectivity index (χ2n) is 3.53. The van der Waals surface area contributed by atoms with Crippen LogP contribution in [0.1, 0.15) is 6.92 Å². The molecule has 0 aliphatic carbocycles. The highest BCUT2D eigenvalue weighted by Crippen LogP contribution is 2.07. The van der Waals surface area contributed by atoms with Crippen LogP contribution in [-0.2, 0) is 4.79 Å². The lowest BCUT2D eigenvalue weighted by atomic mass is 10.3. The van der Waals surface area contributed by atoms with Gasteiger partial charge in [-0.05, 0) is 6.92 Å². The Hall–Kier alpha value is -0.260. The number of nitrogens with zero attached hydrogens (tertiary/aromatic N) is 1. The molecule has 1 aliphatic heterocycles. The van der Waals surface area contributed by atoms with Gasteiger partial charge in [-0.25, -0.2) is 0 Å². The summed E-state index contributed by atoms with van der Waals surface area (Å²) in [4.78, 5) is 13.1. The minimum atomic E-state index is -0.279. The number of thioether (sulfide) groups is 1. The van der Waals surface area contributed by atoms with Gasteiger partial charge in [-0.1, -0.05) is 0 Å². The van der Waals surface area contributed by atoms with Crippen molar-refractivity contribution in [1.29, 1.82) is 0 Å². The number of hydrogen-bond acceptors (Lipinski definition) is 4. The van der Waals surface area contributed by atoms with E-state index < -0.39 is 0 Å². The lowest BCUT2D eigenvalue weighted by Gasteiger charge is -2.26. The first-order chi connectivity index (χ1) is 6.70. The molecule has 1 unspecified atom stereocenters. The predicted molar refractivity (Wildman–Crippen MR) is 60.4 cm³/mol. The van der Waals surface area contributed by atoms with Crippen molar-refractivity contribution in [3.63, 3.8) is 0 Å². The predicted octanol–water partition coefficient (Wildman–Crippen LogP) is -0.501. The topological polar surface area (TPSA) is 58.4 Å². The summed E-state index contributed by atoms with van der Waals surface area (Å²) in [5, 5.41) is 3.11. The molecular weight excluding hydrogens is 198 g/mol. The monoisotopic (exact) mass is 217 g/mol. The molecule has 0 aromatic heterocycles. The summed E-state index contributed by atoms with van der Waals surface area (Å²) in [7, 11) is 0. The molecule has 5 heteroatoms. The fourth-order valence-corrected chi connectivity index (χ4v) is 2.34. The van der Waals surface area contributed by atoms with Crippen LogP contribution in [0.15, 0.2) is 0 Å². The molecule has 0 saturated carbocycles. The quantitative estimate of drug-likeness (QED) is 0.652. The minimum absolute atomic E-state index is 0.214. The summed E-state index contributed by atoms with van der Waals surface area (Å²) < 4.78 is 0. The molecule has 4 nitrogen and oxygen atoms in total. The van der Waals surface area contributed by atoms with Crippen LogP contribution in [0.3, 0.4) is 0 Å². The SMILES string of the molecule is CC(NCCN1CCSCC1)C(N)=O. The lowest BCUT2D eigenvalue weighted by molar-refractivity contribution is -0.119. The van der Waals surface area contributed by atoms with E-state index in [9.17, 15) is 4.79 Å². The molecule has 14 heavy (non-hydrogen) atoms. The molecule has 0 aromatic rings. The summed E-state index contributed by atoms with van der Waals surface area (Å²) in [5.74, 6) is 2.18. The minimum Gasteiger partial charge on any atom is -0.368 e. The third kappa shape index (κ3) is 4.30. The molecule has 0 aromatic carbocycles. The standard InChI is InChI=1S/C9H19N3OS/c1-8(9(10)13)11-2-3-12-4-6-14-7-5-12/h8,11H,2-7H2,1H3,(H2,10,13). The van der Waals surface area contributed by atoms with Crippen LogP contribution >= 0.6 is 11.8 Å². The average molecular weight is 217 g/mol. The van der Waals surface area contributed by atoms with Crippen molar-refractivity contribution in [3.8, 4) is 0 Å². The number of primary amides is 1. The third-order valence-corrected chi connectivity index (χ3v) is 3.35. The summed E-state index contributed by atoms with van der Waals surface area (Å²) in [5.41, 5.74) is 5.14. The van der Waals surface area contributed by atoms with Gasteiger partial charge < -0.3 is 16.0 Å². The van der Waals surface area contributed by atoms with E-state index in [0.29, 0.717) is 0 Å². The largest absolute Gasteiger partial charge is 0.368 e. The summed E-state index contributed by atoms with van der Waals surface area (Å²) >= 11 is 2.01. The van der Waals surface area contributed by atoms with Crippen LogP contribution < -0.4 is 11.1 Å². The molecule has 3 N–H and O–H groups in total. The van der Waals surface area contributed by atoms with Crippen LogP contribution in [0, 0.1) is 0 Å². The Morgan fingerprint density at radius 1 is 1.57 bits per heavy atom. The van der Waals surface area contributed by atoms with Gasteiger partial charge in [-0.3, -0.25) is 4.79 Å². The van der Waals surface area contributed by atoms with Gasteiger partial charge in [0.1, 0.15) is 0 Å². The van der Waals surface area contributed by atoms with Crippen molar-refractivity contribution < 1.29 is 4.79 Å². The number of carbonyl (C=O) groups is 1. The van der Waals surface area contributed by atoms with Crippen molar-refractivity contribution in [2.75, 3.05) is 37.7 Å². The fraction of sp³-hybridized carbons (Fsp3) is 0.889. The van der Waals surface area contributed by atoms with Gasteiger partial charge in [0.2, 0.25) is 5.91 Å². The molecule has 1 rings (SSSR count). The van der Waals surface area contributed by atoms with E-state index in [2.05, 4.69) is 10.2 Å². The molecule has 0 spiro atoms. The highest BCUT2D eigenvalue weighted by molar-refractivity contribution is 7.99. The highest BCUT2D eigenvalue weighted by Gasteiger charge is 2.11. The van der Waals surface area contributed by atoms with Crippen molar-refractivity contribution in [1.82, 2.24) is 10.2 Å². The first kappa shape index (κ1) is 11.8. The van der Waals surface area contributed by atoms with E-state index in [-0.39, 0.29) is 11.9 Å². The Morgan fingerprint density at radius 2 is 2.21 bits per heavy atom. The zero-order valence-corrected chi connectivity index (χ0v) is 9.48. The summed E-state index contributed by atoms with van der Waals surface area (Å²) in [6.45, 7) is 5.98. The van der Waals surface area contributed by atoms with Gasteiger partial charge in [0.05, 0.1) is 6.04 Å². The lowest BCUT2D eigenvalue weighted by Crippen LogP contribution is -2.44. The first-order valence-corrected chi connectivity index (χ1v) is 6.18. The molecule has 1 aliphatic rings. The van der Waals surface area contributed by atoms with Crippen molar-refractivity contribution in [2.24, 2.45) is 5.73 Å². The highest BCUT2D eigenvalue weighted by atomic mass is 32.2. The summed E-state index contributed by atoms with van der Waals surface area (Å²) in [6.07, 6.45) is 0. The maximum absolute atomic E-state index is 10.7. The van der Waals surface area contributed by atoms with Crippen LogP contribution in [0.5, 0.6) is 0 Å². The van der Waals surface area contributed by atoms with Gasteiger partial charge in [0.25, 0.3) is 0 Å². The number of hydrogen-bond donors (Lipinski definition) is 2. The van der Waals surface area contributed by atoms with Crippen LogP contribution in [-0.4, -0.2) is 54.5 Å². The number of amides is 1. The number of nitrogens with one attached hydrogen (secondary N) is 1. The van der Waals surface area contributed by atoms with E-state index in [0.717, 1.165) is 26.2 Å². The molecule has 1 saturated heterocycles. The van der Waals surface area contributed by atoms with E-state index in [1.807, 2.05) is 11.8 Å². The molecule has 0 bridgehead atoms. The number of rotatable bonds is 5. The van der Waals surface area contributed by atoms with Crippen LogP contribution in [0.4, 0.5) is 0 Å². The van der Waals surface area contributed by atoms with E-state index in [1.54, 1.807) is 6.92 Å². The third-order valence-electron chi connectivity index (χ3n) is 2.41. The van der Waals surface area contributed by atoms with Gasteiger partial charge >= 0.3 is 0 Å². The second kappa shape index (κ2) is 6.27. The Balaban J connectivity index is 2.05. The van der Waals surface area contributed by atoms with Gasteiger partial charge in [-0.15, -0.1) is 0 Å². The second-order valence-corrected chi connectivity index (χ2v) is 4.76.